The van der Waals surface area contributed by atoms with Gasteiger partial charge < -0.3 is 19.4 Å². The highest BCUT2D eigenvalue weighted by molar-refractivity contribution is 6.32. The van der Waals surface area contributed by atoms with Gasteiger partial charge >= 0.3 is 5.97 Å². The Bertz CT molecular complexity index is 1310. The van der Waals surface area contributed by atoms with Crippen molar-refractivity contribution in [2.75, 3.05) is 7.11 Å². The molecule has 0 saturated carbocycles. The molecule has 1 aromatic heterocycles. The minimum atomic E-state index is -0.562. The number of halogens is 1. The predicted molar refractivity (Wildman–Crippen MR) is 146 cm³/mol. The minimum Gasteiger partial charge on any atom is -0.497 e. The summed E-state index contributed by atoms with van der Waals surface area (Å²) in [5.41, 5.74) is 3.59. The lowest BCUT2D eigenvalue weighted by Gasteiger charge is -2.23. The Morgan fingerprint density at radius 1 is 0.944 bits per heavy atom. The lowest BCUT2D eigenvalue weighted by Crippen LogP contribution is -2.29. The van der Waals surface area contributed by atoms with Crippen LogP contribution in [-0.4, -0.2) is 23.2 Å². The standard InChI is InChI=1S/C30H33ClN2O3/c1-30(2,3)36-27(34)18-25(32-19-21-10-6-5-7-11-21)28-24-12-8-9-13-26(24)33(29(28)31)20-22-14-16-23(35-4)17-15-22/h5-17,25,32H,18-20H2,1-4H3. The summed E-state index contributed by atoms with van der Waals surface area (Å²) in [6, 6.07) is 25.9. The van der Waals surface area contributed by atoms with E-state index in [4.69, 9.17) is 21.1 Å². The van der Waals surface area contributed by atoms with Crippen molar-refractivity contribution >= 4 is 28.5 Å². The van der Waals surface area contributed by atoms with Crippen molar-refractivity contribution in [1.82, 2.24) is 9.88 Å². The third-order valence-corrected chi connectivity index (χ3v) is 6.39. The lowest BCUT2D eigenvalue weighted by atomic mass is 10.0. The summed E-state index contributed by atoms with van der Waals surface area (Å²) >= 11 is 7.10. The van der Waals surface area contributed by atoms with Gasteiger partial charge in [-0.15, -0.1) is 0 Å². The molecule has 0 radical (unpaired) electrons. The third kappa shape index (κ3) is 6.28. The molecular formula is C30H33ClN2O3. The Labute approximate surface area is 218 Å². The van der Waals surface area contributed by atoms with Crippen molar-refractivity contribution in [3.05, 3.63) is 101 Å². The van der Waals surface area contributed by atoms with Gasteiger partial charge in [-0.3, -0.25) is 4.79 Å². The number of nitrogens with one attached hydrogen (secondary N) is 1. The molecule has 36 heavy (non-hydrogen) atoms. The molecule has 5 nitrogen and oxygen atoms in total. The third-order valence-electron chi connectivity index (χ3n) is 5.98. The van der Waals surface area contributed by atoms with Gasteiger partial charge in [-0.2, -0.15) is 0 Å². The highest BCUT2D eigenvalue weighted by Crippen LogP contribution is 2.37. The van der Waals surface area contributed by atoms with Crippen LogP contribution in [0.2, 0.25) is 5.15 Å². The molecular weight excluding hydrogens is 472 g/mol. The molecule has 6 heteroatoms. The number of hydrogen-bond acceptors (Lipinski definition) is 4. The summed E-state index contributed by atoms with van der Waals surface area (Å²) in [7, 11) is 1.66. The fourth-order valence-electron chi connectivity index (χ4n) is 4.36. The molecule has 0 aliphatic rings. The first-order valence-corrected chi connectivity index (χ1v) is 12.5. The maximum Gasteiger partial charge on any atom is 0.308 e. The fraction of sp³-hybridized carbons (Fsp3) is 0.300. The first-order chi connectivity index (χ1) is 17.2. The highest BCUT2D eigenvalue weighted by atomic mass is 35.5. The number of rotatable bonds is 9. The molecule has 4 rings (SSSR count). The zero-order valence-corrected chi connectivity index (χ0v) is 22.0. The highest BCUT2D eigenvalue weighted by Gasteiger charge is 2.27. The molecule has 188 valence electrons. The minimum absolute atomic E-state index is 0.167. The molecule has 1 atom stereocenters. The van der Waals surface area contributed by atoms with E-state index in [2.05, 4.69) is 34.1 Å². The molecule has 1 N–H and O–H groups in total. The van der Waals surface area contributed by atoms with Crippen molar-refractivity contribution in [2.24, 2.45) is 0 Å². The lowest BCUT2D eigenvalue weighted by molar-refractivity contribution is -0.155. The molecule has 3 aromatic carbocycles. The summed E-state index contributed by atoms with van der Waals surface area (Å²) < 4.78 is 13.1. The Hall–Kier alpha value is -3.28. The molecule has 0 aliphatic carbocycles. The van der Waals surface area contributed by atoms with Gasteiger partial charge in [-0.05, 0) is 50.1 Å². The number of methoxy groups -OCH3 is 1. The number of carbonyl (C=O) groups excluding carboxylic acids is 1. The van der Waals surface area contributed by atoms with Gasteiger partial charge in [0.2, 0.25) is 0 Å². The van der Waals surface area contributed by atoms with E-state index in [1.165, 1.54) is 0 Å². The Morgan fingerprint density at radius 3 is 2.28 bits per heavy atom. The largest absolute Gasteiger partial charge is 0.497 e. The second kappa shape index (κ2) is 11.2. The van der Waals surface area contributed by atoms with Gasteiger partial charge in [0.15, 0.2) is 0 Å². The van der Waals surface area contributed by atoms with Crippen LogP contribution in [0.1, 0.15) is 49.9 Å². The van der Waals surface area contributed by atoms with Crippen LogP contribution in [-0.2, 0) is 22.6 Å². The predicted octanol–water partition coefficient (Wildman–Crippen LogP) is 6.91. The van der Waals surface area contributed by atoms with Crippen LogP contribution in [0.5, 0.6) is 5.75 Å². The molecule has 0 bridgehead atoms. The number of hydrogen-bond donors (Lipinski definition) is 1. The first kappa shape index (κ1) is 25.8. The number of aromatic nitrogens is 1. The molecule has 4 aromatic rings. The number of para-hydroxylation sites is 1. The van der Waals surface area contributed by atoms with Crippen molar-refractivity contribution < 1.29 is 14.3 Å². The van der Waals surface area contributed by atoms with Gasteiger partial charge in [0.1, 0.15) is 16.5 Å². The zero-order valence-electron chi connectivity index (χ0n) is 21.3. The average molecular weight is 505 g/mol. The topological polar surface area (TPSA) is 52.5 Å². The van der Waals surface area contributed by atoms with Crippen LogP contribution < -0.4 is 10.1 Å². The van der Waals surface area contributed by atoms with E-state index >= 15 is 0 Å². The fourth-order valence-corrected chi connectivity index (χ4v) is 4.75. The number of benzene rings is 3. The first-order valence-electron chi connectivity index (χ1n) is 12.1. The van der Waals surface area contributed by atoms with Crippen molar-refractivity contribution in [1.29, 1.82) is 0 Å². The van der Waals surface area contributed by atoms with Crippen LogP contribution >= 0.6 is 11.6 Å². The Kier molecular flexibility index (Phi) is 8.02. The van der Waals surface area contributed by atoms with E-state index in [0.717, 1.165) is 33.3 Å². The Balaban J connectivity index is 1.72. The molecule has 0 aliphatic heterocycles. The number of ether oxygens (including phenoxy) is 2. The molecule has 1 heterocycles. The summed E-state index contributed by atoms with van der Waals surface area (Å²) in [6.45, 7) is 6.84. The maximum absolute atomic E-state index is 12.9. The number of esters is 1. The second-order valence-electron chi connectivity index (χ2n) is 9.87. The summed E-state index contributed by atoms with van der Waals surface area (Å²) in [5.74, 6) is 0.543. The van der Waals surface area contributed by atoms with Crippen LogP contribution in [0.4, 0.5) is 0 Å². The zero-order chi connectivity index (χ0) is 25.7. The van der Waals surface area contributed by atoms with Crippen LogP contribution in [0.3, 0.4) is 0 Å². The summed E-state index contributed by atoms with van der Waals surface area (Å²) in [5, 5.41) is 5.21. The molecule has 0 amide bonds. The monoisotopic (exact) mass is 504 g/mol. The number of nitrogens with zero attached hydrogens (tertiary/aromatic N) is 1. The summed E-state index contributed by atoms with van der Waals surface area (Å²) in [4.78, 5) is 12.9. The molecule has 0 spiro atoms. The van der Waals surface area contributed by atoms with Gasteiger partial charge in [0.25, 0.3) is 0 Å². The van der Waals surface area contributed by atoms with E-state index in [9.17, 15) is 4.79 Å². The van der Waals surface area contributed by atoms with E-state index in [-0.39, 0.29) is 18.4 Å². The van der Waals surface area contributed by atoms with Crippen molar-refractivity contribution in [3.8, 4) is 5.75 Å². The van der Waals surface area contributed by atoms with Gasteiger partial charge in [-0.1, -0.05) is 72.3 Å². The van der Waals surface area contributed by atoms with Gasteiger partial charge in [0, 0.05) is 35.6 Å². The summed E-state index contributed by atoms with van der Waals surface area (Å²) in [6.07, 6.45) is 0.167. The quantitative estimate of drug-likeness (QED) is 0.251. The van der Waals surface area contributed by atoms with Crippen molar-refractivity contribution in [3.63, 3.8) is 0 Å². The van der Waals surface area contributed by atoms with Crippen LogP contribution in [0, 0.1) is 0 Å². The Morgan fingerprint density at radius 2 is 1.61 bits per heavy atom. The maximum atomic E-state index is 12.9. The number of carbonyl (C=O) groups is 1. The second-order valence-corrected chi connectivity index (χ2v) is 10.2. The van der Waals surface area contributed by atoms with Gasteiger partial charge in [0.05, 0.1) is 13.5 Å². The van der Waals surface area contributed by atoms with Crippen LogP contribution in [0.15, 0.2) is 78.9 Å². The van der Waals surface area contributed by atoms with E-state index in [0.29, 0.717) is 18.2 Å². The number of fused-ring (bicyclic) bond motifs is 1. The average Bonchev–Trinajstić information content (AvgIpc) is 3.13. The molecule has 0 saturated heterocycles. The van der Waals surface area contributed by atoms with E-state index in [1.54, 1.807) is 7.11 Å². The SMILES string of the molecule is COc1ccc(Cn2c(Cl)c(C(CC(=O)OC(C)(C)C)NCc3ccccc3)c3ccccc32)cc1. The van der Waals surface area contributed by atoms with E-state index < -0.39 is 5.60 Å². The molecule has 0 fully saturated rings. The normalized spacial score (nSPS) is 12.5. The van der Waals surface area contributed by atoms with Crippen molar-refractivity contribution in [2.45, 2.75) is 51.9 Å². The van der Waals surface area contributed by atoms with Crippen LogP contribution in [0.25, 0.3) is 10.9 Å². The molecule has 1 unspecified atom stereocenters. The van der Waals surface area contributed by atoms with E-state index in [1.807, 2.05) is 75.4 Å². The van der Waals surface area contributed by atoms with Gasteiger partial charge in [-0.25, -0.2) is 0 Å². The smallest absolute Gasteiger partial charge is 0.308 e.